The van der Waals surface area contributed by atoms with Gasteiger partial charge in [0.15, 0.2) is 11.3 Å². The Labute approximate surface area is 128 Å². The van der Waals surface area contributed by atoms with Gasteiger partial charge in [-0.2, -0.15) is 5.10 Å². The predicted molar refractivity (Wildman–Crippen MR) is 77.5 cm³/mol. The third-order valence-corrected chi connectivity index (χ3v) is 3.71. The molecule has 1 radical (unpaired) electrons. The van der Waals surface area contributed by atoms with E-state index in [0.717, 1.165) is 4.52 Å². The van der Waals surface area contributed by atoms with E-state index in [-0.39, 0.29) is 11.4 Å². The van der Waals surface area contributed by atoms with E-state index in [1.165, 1.54) is 12.4 Å². The molecule has 2 N–H and O–H groups in total. The third kappa shape index (κ3) is 2.18. The van der Waals surface area contributed by atoms with Gasteiger partial charge in [-0.3, -0.25) is 10.5 Å². The summed E-state index contributed by atoms with van der Waals surface area (Å²) in [6.07, 6.45) is 1.24. The van der Waals surface area contributed by atoms with Crippen molar-refractivity contribution in [3.8, 4) is 16.9 Å². The van der Waals surface area contributed by atoms with Crippen molar-refractivity contribution in [1.29, 1.82) is 0 Å². The van der Waals surface area contributed by atoms with Crippen LogP contribution in [0.25, 0.3) is 16.8 Å². The lowest BCUT2D eigenvalue weighted by atomic mass is 10.1. The first-order valence-corrected chi connectivity index (χ1v) is 6.51. The molecule has 6 nitrogen and oxygen atoms in total. The number of benzene rings is 1. The molecule has 0 saturated carbocycles. The fraction of sp³-hybridized carbons (Fsp3) is 0. The number of hydrogen-bond donors (Lipinski definition) is 1. The molecule has 0 saturated heterocycles. The summed E-state index contributed by atoms with van der Waals surface area (Å²) in [5, 5.41) is 14.6. The quantitative estimate of drug-likeness (QED) is 0.785. The standard InChI is InChI=1S/C13H7Cl2N4O2/c14-8-2-1-6(3-9(8)15)7-4-10(20)11(12(16)21)19-13(7)17-5-18-19/h1-5,16,20H. The van der Waals surface area contributed by atoms with E-state index >= 15 is 0 Å². The van der Waals surface area contributed by atoms with Gasteiger partial charge in [-0.05, 0) is 23.8 Å². The summed E-state index contributed by atoms with van der Waals surface area (Å²) in [6.45, 7) is 0. The topological polar surface area (TPSA) is 91.3 Å². The van der Waals surface area contributed by atoms with Crippen LogP contribution in [-0.2, 0) is 0 Å². The summed E-state index contributed by atoms with van der Waals surface area (Å²) in [6, 6.07) is 6.30. The normalized spacial score (nSPS) is 11.0. The number of carbonyl (C=O) groups excluding carboxylic acids is 1. The van der Waals surface area contributed by atoms with Crippen LogP contribution in [0.3, 0.4) is 0 Å². The van der Waals surface area contributed by atoms with Crippen molar-refractivity contribution in [3.05, 3.63) is 46.3 Å². The molecule has 0 aliphatic rings. The van der Waals surface area contributed by atoms with Crippen LogP contribution in [0.5, 0.6) is 5.75 Å². The van der Waals surface area contributed by atoms with E-state index in [1.807, 2.05) is 0 Å². The number of nitrogens with one attached hydrogen (secondary N) is 1. The lowest BCUT2D eigenvalue weighted by molar-refractivity contribution is 0.0982. The highest BCUT2D eigenvalue weighted by Crippen LogP contribution is 2.33. The number of hydrogen-bond acceptors (Lipinski definition) is 4. The summed E-state index contributed by atoms with van der Waals surface area (Å²) in [4.78, 5) is 15.4. The van der Waals surface area contributed by atoms with Crippen LogP contribution in [-0.4, -0.2) is 25.6 Å². The zero-order valence-electron chi connectivity index (χ0n) is 10.3. The molecule has 0 spiro atoms. The number of fused-ring (bicyclic) bond motifs is 1. The number of carbonyl (C=O) groups is 1. The molecule has 105 valence electrons. The molecule has 3 aromatic rings. The molecule has 2 heterocycles. The Kier molecular flexibility index (Phi) is 3.19. The molecule has 0 fully saturated rings. The molecule has 0 bridgehead atoms. The van der Waals surface area contributed by atoms with Crippen molar-refractivity contribution in [1.82, 2.24) is 20.3 Å². The van der Waals surface area contributed by atoms with Crippen LogP contribution in [0.4, 0.5) is 0 Å². The second kappa shape index (κ2) is 4.91. The van der Waals surface area contributed by atoms with Gasteiger partial charge >= 0.3 is 0 Å². The van der Waals surface area contributed by atoms with E-state index in [0.29, 0.717) is 26.8 Å². The molecular weight excluding hydrogens is 315 g/mol. The number of halogens is 2. The molecule has 0 unspecified atom stereocenters. The van der Waals surface area contributed by atoms with Gasteiger partial charge in [0.25, 0.3) is 5.91 Å². The predicted octanol–water partition coefficient (Wildman–Crippen LogP) is 2.83. The monoisotopic (exact) mass is 321 g/mol. The third-order valence-electron chi connectivity index (χ3n) is 2.97. The average molecular weight is 322 g/mol. The number of aromatic nitrogens is 3. The Bertz CT molecular complexity index is 876. The lowest BCUT2D eigenvalue weighted by Gasteiger charge is -2.09. The van der Waals surface area contributed by atoms with Gasteiger partial charge in [0.05, 0.1) is 10.0 Å². The van der Waals surface area contributed by atoms with Crippen LogP contribution < -0.4 is 5.73 Å². The Morgan fingerprint density at radius 3 is 2.67 bits per heavy atom. The van der Waals surface area contributed by atoms with Crippen LogP contribution in [0, 0.1) is 0 Å². The van der Waals surface area contributed by atoms with Crippen molar-refractivity contribution >= 4 is 34.8 Å². The van der Waals surface area contributed by atoms with Gasteiger partial charge in [-0.15, -0.1) is 0 Å². The highest BCUT2D eigenvalue weighted by Gasteiger charge is 2.19. The molecule has 0 aliphatic carbocycles. The first-order chi connectivity index (χ1) is 9.99. The van der Waals surface area contributed by atoms with E-state index < -0.39 is 5.91 Å². The van der Waals surface area contributed by atoms with Crippen molar-refractivity contribution in [2.75, 3.05) is 0 Å². The minimum Gasteiger partial charge on any atom is -0.505 e. The molecule has 1 amide bonds. The largest absolute Gasteiger partial charge is 0.505 e. The minimum atomic E-state index is -1.05. The number of aromatic hydroxyl groups is 1. The molecule has 21 heavy (non-hydrogen) atoms. The second-order valence-electron chi connectivity index (χ2n) is 4.25. The molecule has 2 aromatic heterocycles. The number of pyridine rings is 1. The van der Waals surface area contributed by atoms with Gasteiger partial charge in [0.1, 0.15) is 12.1 Å². The molecule has 8 heteroatoms. The van der Waals surface area contributed by atoms with Gasteiger partial charge in [0.2, 0.25) is 0 Å². The summed E-state index contributed by atoms with van der Waals surface area (Å²) >= 11 is 11.9. The van der Waals surface area contributed by atoms with Crippen LogP contribution >= 0.6 is 23.2 Å². The van der Waals surface area contributed by atoms with Crippen LogP contribution in [0.1, 0.15) is 10.5 Å². The number of amides is 1. The summed E-state index contributed by atoms with van der Waals surface area (Å²) in [7, 11) is 0. The Hall–Kier alpha value is -2.31. The Morgan fingerprint density at radius 2 is 2.00 bits per heavy atom. The van der Waals surface area contributed by atoms with Crippen LogP contribution in [0.2, 0.25) is 10.0 Å². The van der Waals surface area contributed by atoms with E-state index in [1.54, 1.807) is 18.2 Å². The molecule has 0 atom stereocenters. The highest BCUT2D eigenvalue weighted by atomic mass is 35.5. The maximum atomic E-state index is 11.3. The van der Waals surface area contributed by atoms with Gasteiger partial charge in [-0.1, -0.05) is 29.3 Å². The van der Waals surface area contributed by atoms with Crippen LogP contribution in [0.15, 0.2) is 30.6 Å². The molecule has 0 aliphatic heterocycles. The molecule has 1 aromatic carbocycles. The summed E-state index contributed by atoms with van der Waals surface area (Å²) in [5.41, 5.74) is 8.46. The van der Waals surface area contributed by atoms with E-state index in [2.05, 4.69) is 10.1 Å². The Morgan fingerprint density at radius 1 is 1.24 bits per heavy atom. The number of nitrogens with zero attached hydrogens (tertiary/aromatic N) is 3. The smallest absolute Gasteiger partial charge is 0.292 e. The zero-order chi connectivity index (χ0) is 15.1. The van der Waals surface area contributed by atoms with Crippen molar-refractivity contribution < 1.29 is 9.90 Å². The SMILES string of the molecule is [NH]C(=O)c1c(O)cc(-c2ccc(Cl)c(Cl)c2)c2ncnn12. The van der Waals surface area contributed by atoms with Gasteiger partial charge in [-0.25, -0.2) is 9.50 Å². The lowest BCUT2D eigenvalue weighted by Crippen LogP contribution is -2.09. The number of rotatable bonds is 2. The molecule has 3 rings (SSSR count). The van der Waals surface area contributed by atoms with Gasteiger partial charge in [0, 0.05) is 5.56 Å². The second-order valence-corrected chi connectivity index (χ2v) is 5.06. The highest BCUT2D eigenvalue weighted by molar-refractivity contribution is 6.42. The Balaban J connectivity index is 2.34. The first kappa shape index (κ1) is 13.7. The molecular formula is C13H7Cl2N4O2. The fourth-order valence-corrected chi connectivity index (χ4v) is 2.35. The van der Waals surface area contributed by atoms with Crippen molar-refractivity contribution in [2.24, 2.45) is 0 Å². The van der Waals surface area contributed by atoms with Gasteiger partial charge < -0.3 is 5.11 Å². The summed E-state index contributed by atoms with van der Waals surface area (Å²) in [5.74, 6) is -1.40. The minimum absolute atomic E-state index is 0.244. The van der Waals surface area contributed by atoms with E-state index in [9.17, 15) is 9.90 Å². The summed E-state index contributed by atoms with van der Waals surface area (Å²) < 4.78 is 1.13. The van der Waals surface area contributed by atoms with Crippen molar-refractivity contribution in [2.45, 2.75) is 0 Å². The maximum absolute atomic E-state index is 11.3. The van der Waals surface area contributed by atoms with Crippen molar-refractivity contribution in [3.63, 3.8) is 0 Å². The van der Waals surface area contributed by atoms with E-state index in [4.69, 9.17) is 28.9 Å². The fourth-order valence-electron chi connectivity index (χ4n) is 2.06. The first-order valence-electron chi connectivity index (χ1n) is 5.76. The maximum Gasteiger partial charge on any atom is 0.292 e. The zero-order valence-corrected chi connectivity index (χ0v) is 11.9. The average Bonchev–Trinajstić information content (AvgIpc) is 2.89.